The van der Waals surface area contributed by atoms with Gasteiger partial charge in [0.2, 0.25) is 0 Å². The van der Waals surface area contributed by atoms with Gasteiger partial charge < -0.3 is 5.73 Å². The standard InChI is InChI=1S/C15H16ClN/c1-10-5-3-7-12(9-10)15(17)13-8-4-6-11(2)14(13)16/h3-9,15H,17H2,1-2H3. The summed E-state index contributed by atoms with van der Waals surface area (Å²) in [7, 11) is 0. The molecule has 1 nitrogen and oxygen atoms in total. The molecule has 2 aromatic rings. The number of nitrogens with two attached hydrogens (primary N) is 1. The molecule has 0 bridgehead atoms. The molecule has 0 spiro atoms. The Morgan fingerprint density at radius 3 is 2.47 bits per heavy atom. The van der Waals surface area contributed by atoms with Crippen molar-refractivity contribution in [2.75, 3.05) is 0 Å². The molecule has 0 saturated heterocycles. The highest BCUT2D eigenvalue weighted by Gasteiger charge is 2.13. The molecule has 2 N–H and O–H groups in total. The van der Waals surface area contributed by atoms with Gasteiger partial charge in [-0.15, -0.1) is 0 Å². The average Bonchev–Trinajstić information content (AvgIpc) is 2.32. The Morgan fingerprint density at radius 1 is 1.06 bits per heavy atom. The fourth-order valence-electron chi connectivity index (χ4n) is 1.95. The van der Waals surface area contributed by atoms with E-state index in [9.17, 15) is 0 Å². The lowest BCUT2D eigenvalue weighted by Gasteiger charge is -2.16. The van der Waals surface area contributed by atoms with Gasteiger partial charge in [-0.25, -0.2) is 0 Å². The summed E-state index contributed by atoms with van der Waals surface area (Å²) in [6, 6.07) is 14.0. The van der Waals surface area contributed by atoms with E-state index in [1.807, 2.05) is 37.3 Å². The Kier molecular flexibility index (Phi) is 3.51. The summed E-state index contributed by atoms with van der Waals surface area (Å²) < 4.78 is 0. The van der Waals surface area contributed by atoms with Crippen LogP contribution in [0.2, 0.25) is 5.02 Å². The van der Waals surface area contributed by atoms with Gasteiger partial charge in [0.1, 0.15) is 0 Å². The van der Waals surface area contributed by atoms with Crippen LogP contribution in [-0.2, 0) is 0 Å². The summed E-state index contributed by atoms with van der Waals surface area (Å²) >= 11 is 6.30. The first-order valence-electron chi connectivity index (χ1n) is 5.67. The summed E-state index contributed by atoms with van der Waals surface area (Å²) in [5.74, 6) is 0. The van der Waals surface area contributed by atoms with Crippen molar-refractivity contribution in [3.8, 4) is 0 Å². The normalized spacial score (nSPS) is 12.5. The first-order chi connectivity index (χ1) is 8.09. The van der Waals surface area contributed by atoms with Gasteiger partial charge in [0.05, 0.1) is 6.04 Å². The molecule has 2 rings (SSSR count). The smallest absolute Gasteiger partial charge is 0.0566 e. The molecule has 0 aliphatic heterocycles. The number of halogens is 1. The van der Waals surface area contributed by atoms with Gasteiger partial charge in [-0.3, -0.25) is 0 Å². The second kappa shape index (κ2) is 4.91. The fraction of sp³-hybridized carbons (Fsp3) is 0.200. The molecule has 1 unspecified atom stereocenters. The van der Waals surface area contributed by atoms with Crippen molar-refractivity contribution in [1.82, 2.24) is 0 Å². The third-order valence-electron chi connectivity index (χ3n) is 2.96. The molecule has 17 heavy (non-hydrogen) atoms. The van der Waals surface area contributed by atoms with Gasteiger partial charge in [-0.2, -0.15) is 0 Å². The first-order valence-corrected chi connectivity index (χ1v) is 6.04. The van der Waals surface area contributed by atoms with Crippen LogP contribution < -0.4 is 5.73 Å². The number of aryl methyl sites for hydroxylation is 2. The number of benzene rings is 2. The Labute approximate surface area is 107 Å². The van der Waals surface area contributed by atoms with Crippen LogP contribution in [-0.4, -0.2) is 0 Å². The van der Waals surface area contributed by atoms with Crippen LogP contribution in [0.1, 0.15) is 28.3 Å². The zero-order valence-corrected chi connectivity index (χ0v) is 10.8. The highest BCUT2D eigenvalue weighted by molar-refractivity contribution is 6.32. The largest absolute Gasteiger partial charge is 0.320 e. The molecule has 0 aliphatic rings. The van der Waals surface area contributed by atoms with E-state index in [1.165, 1.54) is 5.56 Å². The summed E-state index contributed by atoms with van der Waals surface area (Å²) in [6.07, 6.45) is 0. The molecule has 1 atom stereocenters. The minimum absolute atomic E-state index is 0.165. The van der Waals surface area contributed by atoms with Gasteiger partial charge in [0, 0.05) is 5.02 Å². The Hall–Kier alpha value is -1.31. The molecule has 0 heterocycles. The van der Waals surface area contributed by atoms with E-state index in [1.54, 1.807) is 0 Å². The van der Waals surface area contributed by atoms with Gasteiger partial charge in [-0.05, 0) is 30.5 Å². The summed E-state index contributed by atoms with van der Waals surface area (Å²) in [5.41, 5.74) is 10.6. The van der Waals surface area contributed by atoms with Crippen molar-refractivity contribution in [2.45, 2.75) is 19.9 Å². The van der Waals surface area contributed by atoms with Gasteiger partial charge in [-0.1, -0.05) is 59.6 Å². The molecule has 2 aromatic carbocycles. The predicted octanol–water partition coefficient (Wildman–Crippen LogP) is 4.00. The van der Waals surface area contributed by atoms with Crippen molar-refractivity contribution in [1.29, 1.82) is 0 Å². The SMILES string of the molecule is Cc1cccc(C(N)c2cccc(C)c2Cl)c1. The molecule has 0 aliphatic carbocycles. The van der Waals surface area contributed by atoms with Crippen molar-refractivity contribution < 1.29 is 0 Å². The van der Waals surface area contributed by atoms with Gasteiger partial charge in [0.15, 0.2) is 0 Å². The van der Waals surface area contributed by atoms with Crippen LogP contribution in [0.25, 0.3) is 0 Å². The minimum atomic E-state index is -0.165. The van der Waals surface area contributed by atoms with Crippen molar-refractivity contribution in [3.63, 3.8) is 0 Å². The highest BCUT2D eigenvalue weighted by Crippen LogP contribution is 2.29. The maximum Gasteiger partial charge on any atom is 0.0566 e. The average molecular weight is 246 g/mol. The minimum Gasteiger partial charge on any atom is -0.320 e. The van der Waals surface area contributed by atoms with Crippen LogP contribution in [0.15, 0.2) is 42.5 Å². The van der Waals surface area contributed by atoms with E-state index in [0.717, 1.165) is 21.7 Å². The van der Waals surface area contributed by atoms with Crippen molar-refractivity contribution in [3.05, 3.63) is 69.7 Å². The van der Waals surface area contributed by atoms with E-state index in [2.05, 4.69) is 19.1 Å². The maximum atomic E-state index is 6.30. The van der Waals surface area contributed by atoms with E-state index in [0.29, 0.717) is 0 Å². The molecule has 2 heteroatoms. The van der Waals surface area contributed by atoms with Gasteiger partial charge in [0.25, 0.3) is 0 Å². The molecule has 0 saturated carbocycles. The predicted molar refractivity (Wildman–Crippen MR) is 73.4 cm³/mol. The van der Waals surface area contributed by atoms with Crippen molar-refractivity contribution >= 4 is 11.6 Å². The summed E-state index contributed by atoms with van der Waals surface area (Å²) in [4.78, 5) is 0. The molecule has 0 fully saturated rings. The van der Waals surface area contributed by atoms with E-state index >= 15 is 0 Å². The highest BCUT2D eigenvalue weighted by atomic mass is 35.5. The lowest BCUT2D eigenvalue weighted by Crippen LogP contribution is -2.12. The van der Waals surface area contributed by atoms with E-state index < -0.39 is 0 Å². The third-order valence-corrected chi connectivity index (χ3v) is 3.47. The van der Waals surface area contributed by atoms with E-state index in [-0.39, 0.29) is 6.04 Å². The summed E-state index contributed by atoms with van der Waals surface area (Å²) in [6.45, 7) is 4.06. The van der Waals surface area contributed by atoms with Gasteiger partial charge >= 0.3 is 0 Å². The summed E-state index contributed by atoms with van der Waals surface area (Å²) in [5, 5.41) is 0.765. The molecule has 88 valence electrons. The number of rotatable bonds is 2. The quantitative estimate of drug-likeness (QED) is 0.850. The van der Waals surface area contributed by atoms with Crippen LogP contribution in [0.5, 0.6) is 0 Å². The fourth-order valence-corrected chi connectivity index (χ4v) is 2.20. The Bertz CT molecular complexity index is 534. The number of hydrogen-bond donors (Lipinski definition) is 1. The molecule has 0 amide bonds. The molecular weight excluding hydrogens is 230 g/mol. The zero-order valence-electron chi connectivity index (χ0n) is 10.1. The zero-order chi connectivity index (χ0) is 12.4. The topological polar surface area (TPSA) is 26.0 Å². The van der Waals surface area contributed by atoms with Crippen LogP contribution in [0, 0.1) is 13.8 Å². The van der Waals surface area contributed by atoms with Crippen LogP contribution in [0.4, 0.5) is 0 Å². The van der Waals surface area contributed by atoms with E-state index in [4.69, 9.17) is 17.3 Å². The van der Waals surface area contributed by atoms with Crippen molar-refractivity contribution in [2.24, 2.45) is 5.73 Å². The Balaban J connectivity index is 2.44. The lowest BCUT2D eigenvalue weighted by atomic mass is 9.97. The second-order valence-corrected chi connectivity index (χ2v) is 4.75. The molecular formula is C15H16ClN. The van der Waals surface area contributed by atoms with Crippen LogP contribution in [0.3, 0.4) is 0 Å². The lowest BCUT2D eigenvalue weighted by molar-refractivity contribution is 0.868. The molecule has 0 radical (unpaired) electrons. The first kappa shape index (κ1) is 12.2. The molecule has 0 aromatic heterocycles. The second-order valence-electron chi connectivity index (χ2n) is 4.37. The maximum absolute atomic E-state index is 6.30. The number of hydrogen-bond acceptors (Lipinski definition) is 1. The third kappa shape index (κ3) is 2.51. The van der Waals surface area contributed by atoms with Crippen LogP contribution >= 0.6 is 11.6 Å². The Morgan fingerprint density at radius 2 is 1.76 bits per heavy atom. The monoisotopic (exact) mass is 245 g/mol.